The quantitative estimate of drug-likeness (QED) is 0.652. The Balaban J connectivity index is 2.87. The van der Waals surface area contributed by atoms with Crippen molar-refractivity contribution < 1.29 is 24.2 Å². The van der Waals surface area contributed by atoms with Crippen molar-refractivity contribution in [1.82, 2.24) is 0 Å². The summed E-state index contributed by atoms with van der Waals surface area (Å²) in [5.41, 5.74) is 1.43. The molecule has 0 saturated heterocycles. The second-order valence-corrected chi connectivity index (χ2v) is 3.95. The van der Waals surface area contributed by atoms with Crippen molar-refractivity contribution in [2.75, 3.05) is 6.61 Å². The van der Waals surface area contributed by atoms with E-state index in [1.54, 1.807) is 12.1 Å². The van der Waals surface area contributed by atoms with Crippen molar-refractivity contribution in [1.29, 1.82) is 0 Å². The van der Waals surface area contributed by atoms with E-state index < -0.39 is 5.97 Å². The molecule has 0 atom stereocenters. The molecule has 0 aliphatic carbocycles. The van der Waals surface area contributed by atoms with Crippen molar-refractivity contribution >= 4 is 11.9 Å². The number of phenols is 1. The summed E-state index contributed by atoms with van der Waals surface area (Å²) in [6, 6.07) is 3.33. The Morgan fingerprint density at radius 1 is 1.22 bits per heavy atom. The molecular weight excluding hydrogens is 236 g/mol. The van der Waals surface area contributed by atoms with E-state index in [1.165, 1.54) is 13.8 Å². The highest BCUT2D eigenvalue weighted by molar-refractivity contribution is 5.71. The SMILES string of the molecule is CC(=O)OCCc1cc(C)cc(OC(C)=O)c1O. The lowest BCUT2D eigenvalue weighted by atomic mass is 10.1. The zero-order chi connectivity index (χ0) is 13.7. The molecule has 0 bridgehead atoms. The van der Waals surface area contributed by atoms with Crippen LogP contribution in [-0.2, 0) is 20.7 Å². The minimum Gasteiger partial charge on any atom is -0.504 e. The van der Waals surface area contributed by atoms with Crippen LogP contribution in [0.1, 0.15) is 25.0 Å². The molecule has 0 amide bonds. The first kappa shape index (κ1) is 14.0. The van der Waals surface area contributed by atoms with E-state index in [4.69, 9.17) is 9.47 Å². The highest BCUT2D eigenvalue weighted by Gasteiger charge is 2.12. The van der Waals surface area contributed by atoms with Gasteiger partial charge in [0.05, 0.1) is 6.61 Å². The van der Waals surface area contributed by atoms with E-state index in [2.05, 4.69) is 0 Å². The summed E-state index contributed by atoms with van der Waals surface area (Å²) in [5.74, 6) is -0.840. The van der Waals surface area contributed by atoms with Gasteiger partial charge < -0.3 is 14.6 Å². The van der Waals surface area contributed by atoms with Crippen LogP contribution in [0.5, 0.6) is 11.5 Å². The van der Waals surface area contributed by atoms with Crippen LogP contribution in [0.15, 0.2) is 12.1 Å². The number of rotatable bonds is 4. The number of ether oxygens (including phenoxy) is 2. The first-order chi connectivity index (χ1) is 8.40. The third-order valence-electron chi connectivity index (χ3n) is 2.23. The fourth-order valence-corrected chi connectivity index (χ4v) is 1.55. The first-order valence-corrected chi connectivity index (χ1v) is 5.54. The standard InChI is InChI=1S/C13H16O5/c1-8-6-11(4-5-17-9(2)14)13(16)12(7-8)18-10(3)15/h6-7,16H,4-5H2,1-3H3. The Morgan fingerprint density at radius 2 is 1.89 bits per heavy atom. The van der Waals surface area contributed by atoms with Crippen LogP contribution in [0.3, 0.4) is 0 Å². The average Bonchev–Trinajstić information content (AvgIpc) is 2.23. The van der Waals surface area contributed by atoms with Gasteiger partial charge in [-0.3, -0.25) is 9.59 Å². The van der Waals surface area contributed by atoms with Crippen LogP contribution in [0, 0.1) is 6.92 Å². The summed E-state index contributed by atoms with van der Waals surface area (Å²) in [4.78, 5) is 21.5. The highest BCUT2D eigenvalue weighted by Crippen LogP contribution is 2.32. The summed E-state index contributed by atoms with van der Waals surface area (Å²) in [7, 11) is 0. The van der Waals surface area contributed by atoms with E-state index in [0.29, 0.717) is 12.0 Å². The van der Waals surface area contributed by atoms with Gasteiger partial charge in [0.2, 0.25) is 0 Å². The maximum Gasteiger partial charge on any atom is 0.308 e. The normalized spacial score (nSPS) is 9.94. The van der Waals surface area contributed by atoms with Crippen molar-refractivity contribution in [3.63, 3.8) is 0 Å². The van der Waals surface area contributed by atoms with E-state index >= 15 is 0 Å². The fourth-order valence-electron chi connectivity index (χ4n) is 1.55. The Hall–Kier alpha value is -2.04. The molecule has 1 rings (SSSR count). The number of hydrogen-bond donors (Lipinski definition) is 1. The molecule has 5 heteroatoms. The largest absolute Gasteiger partial charge is 0.504 e. The topological polar surface area (TPSA) is 72.8 Å². The number of aryl methyl sites for hydroxylation is 1. The van der Waals surface area contributed by atoms with Crippen LogP contribution >= 0.6 is 0 Å². The molecule has 0 aliphatic heterocycles. The lowest BCUT2D eigenvalue weighted by Gasteiger charge is -2.11. The molecule has 0 spiro atoms. The molecule has 0 radical (unpaired) electrons. The highest BCUT2D eigenvalue weighted by atomic mass is 16.5. The maximum absolute atomic E-state index is 10.9. The van der Waals surface area contributed by atoms with Gasteiger partial charge in [0.25, 0.3) is 0 Å². The smallest absolute Gasteiger partial charge is 0.308 e. The number of esters is 2. The number of carbonyl (C=O) groups excluding carboxylic acids is 2. The van der Waals surface area contributed by atoms with Gasteiger partial charge in [-0.15, -0.1) is 0 Å². The summed E-state index contributed by atoms with van der Waals surface area (Å²) >= 11 is 0. The van der Waals surface area contributed by atoms with Crippen LogP contribution in [0.2, 0.25) is 0 Å². The van der Waals surface area contributed by atoms with Crippen LogP contribution in [0.25, 0.3) is 0 Å². The van der Waals surface area contributed by atoms with Gasteiger partial charge in [0, 0.05) is 25.8 Å². The molecule has 0 aromatic heterocycles. The van der Waals surface area contributed by atoms with Crippen molar-refractivity contribution in [2.45, 2.75) is 27.2 Å². The number of carbonyl (C=O) groups is 2. The average molecular weight is 252 g/mol. The molecule has 0 saturated carbocycles. The number of benzene rings is 1. The predicted molar refractivity (Wildman–Crippen MR) is 64.5 cm³/mol. The van der Waals surface area contributed by atoms with Gasteiger partial charge in [0.15, 0.2) is 11.5 Å². The Bertz CT molecular complexity index is 465. The van der Waals surface area contributed by atoms with E-state index in [9.17, 15) is 14.7 Å². The third kappa shape index (κ3) is 4.08. The van der Waals surface area contributed by atoms with E-state index in [0.717, 1.165) is 5.56 Å². The van der Waals surface area contributed by atoms with Gasteiger partial charge in [-0.2, -0.15) is 0 Å². The van der Waals surface area contributed by atoms with Crippen molar-refractivity contribution in [3.8, 4) is 11.5 Å². The lowest BCUT2D eigenvalue weighted by molar-refractivity contribution is -0.140. The predicted octanol–water partition coefficient (Wildman–Crippen LogP) is 1.73. The van der Waals surface area contributed by atoms with Gasteiger partial charge >= 0.3 is 11.9 Å². The first-order valence-electron chi connectivity index (χ1n) is 5.54. The molecule has 1 aromatic rings. The third-order valence-corrected chi connectivity index (χ3v) is 2.23. The lowest BCUT2D eigenvalue weighted by Crippen LogP contribution is -2.06. The molecule has 0 unspecified atom stereocenters. The second-order valence-electron chi connectivity index (χ2n) is 3.95. The number of phenolic OH excluding ortho intramolecular Hbond substituents is 1. The summed E-state index contributed by atoms with van der Waals surface area (Å²) in [6.07, 6.45) is 0.362. The van der Waals surface area contributed by atoms with E-state index in [-0.39, 0.29) is 24.1 Å². The molecule has 1 N–H and O–H groups in total. The molecule has 0 aliphatic rings. The number of hydrogen-bond acceptors (Lipinski definition) is 5. The zero-order valence-corrected chi connectivity index (χ0v) is 10.6. The zero-order valence-electron chi connectivity index (χ0n) is 10.6. The van der Waals surface area contributed by atoms with Crippen LogP contribution in [-0.4, -0.2) is 23.7 Å². The Morgan fingerprint density at radius 3 is 2.44 bits per heavy atom. The van der Waals surface area contributed by atoms with Crippen molar-refractivity contribution in [2.24, 2.45) is 0 Å². The van der Waals surface area contributed by atoms with E-state index in [1.807, 2.05) is 6.92 Å². The number of aromatic hydroxyl groups is 1. The summed E-state index contributed by atoms with van der Waals surface area (Å²) in [6.45, 7) is 4.58. The fraction of sp³-hybridized carbons (Fsp3) is 0.385. The minimum absolute atomic E-state index is 0.0945. The van der Waals surface area contributed by atoms with Crippen molar-refractivity contribution in [3.05, 3.63) is 23.3 Å². The van der Waals surface area contributed by atoms with Crippen LogP contribution in [0.4, 0.5) is 0 Å². The molecule has 5 nitrogen and oxygen atoms in total. The molecule has 1 aromatic carbocycles. The molecule has 0 heterocycles. The van der Waals surface area contributed by atoms with Crippen LogP contribution < -0.4 is 4.74 Å². The maximum atomic E-state index is 10.9. The molecule has 0 fully saturated rings. The minimum atomic E-state index is -0.498. The van der Waals surface area contributed by atoms with Gasteiger partial charge in [-0.25, -0.2) is 0 Å². The molecule has 98 valence electrons. The van der Waals surface area contributed by atoms with Gasteiger partial charge in [-0.05, 0) is 18.6 Å². The second kappa shape index (κ2) is 6.05. The monoisotopic (exact) mass is 252 g/mol. The summed E-state index contributed by atoms with van der Waals surface area (Å²) in [5, 5.41) is 9.91. The molecular formula is C13H16O5. The Kier molecular flexibility index (Phi) is 4.71. The Labute approximate surface area is 105 Å². The van der Waals surface area contributed by atoms with Gasteiger partial charge in [-0.1, -0.05) is 6.07 Å². The van der Waals surface area contributed by atoms with Gasteiger partial charge in [0.1, 0.15) is 0 Å². The molecule has 18 heavy (non-hydrogen) atoms. The summed E-state index contributed by atoms with van der Waals surface area (Å²) < 4.78 is 9.70.